The summed E-state index contributed by atoms with van der Waals surface area (Å²) in [5.74, 6) is 3.09. The van der Waals surface area contributed by atoms with E-state index in [0.29, 0.717) is 64.9 Å². The van der Waals surface area contributed by atoms with E-state index in [1.807, 2.05) is 36.4 Å². The van der Waals surface area contributed by atoms with Gasteiger partial charge in [-0.2, -0.15) is 0 Å². The molecule has 4 aromatic rings. The predicted octanol–water partition coefficient (Wildman–Crippen LogP) is 6.21. The first-order valence-corrected chi connectivity index (χ1v) is 15.4. The maximum Gasteiger partial charge on any atom is 0.254 e. The van der Waals surface area contributed by atoms with E-state index in [1.165, 1.54) is 18.2 Å². The lowest BCUT2D eigenvalue weighted by Gasteiger charge is -2.37. The number of methoxy groups -OCH3 is 3. The van der Waals surface area contributed by atoms with Gasteiger partial charge in [-0.15, -0.1) is 0 Å². The number of aromatic hydroxyl groups is 1. The second-order valence-corrected chi connectivity index (χ2v) is 11.8. The molecule has 1 N–H and O–H groups in total. The van der Waals surface area contributed by atoms with Crippen molar-refractivity contribution in [2.75, 3.05) is 48.5 Å². The van der Waals surface area contributed by atoms with Gasteiger partial charge < -0.3 is 33.7 Å². The van der Waals surface area contributed by atoms with Crippen LogP contribution in [0.3, 0.4) is 0 Å². The van der Waals surface area contributed by atoms with E-state index in [1.54, 1.807) is 39.3 Å². The minimum Gasteiger partial charge on any atom is -0.504 e. The highest BCUT2D eigenvalue weighted by molar-refractivity contribution is 5.97. The lowest BCUT2D eigenvalue weighted by Crippen LogP contribution is -2.34. The lowest BCUT2D eigenvalue weighted by atomic mass is 9.87. The van der Waals surface area contributed by atoms with Crippen LogP contribution >= 0.6 is 0 Å². The van der Waals surface area contributed by atoms with Gasteiger partial charge in [0.1, 0.15) is 12.0 Å². The van der Waals surface area contributed by atoms with Crippen molar-refractivity contribution in [1.82, 2.24) is 9.80 Å². The van der Waals surface area contributed by atoms with Gasteiger partial charge >= 0.3 is 0 Å². The van der Waals surface area contributed by atoms with E-state index >= 15 is 0 Å². The van der Waals surface area contributed by atoms with E-state index in [0.717, 1.165) is 41.6 Å². The van der Waals surface area contributed by atoms with Gasteiger partial charge in [-0.3, -0.25) is 14.5 Å². The van der Waals surface area contributed by atoms with Gasteiger partial charge in [0.25, 0.3) is 5.91 Å². The minimum absolute atomic E-state index is 0.0519. The van der Waals surface area contributed by atoms with Crippen molar-refractivity contribution < 1.29 is 38.4 Å². The number of carbonyl (C=O) groups excluding carboxylic acids is 2. The Morgan fingerprint density at radius 2 is 1.51 bits per heavy atom. The smallest absolute Gasteiger partial charge is 0.254 e. The molecule has 4 aromatic carbocycles. The minimum atomic E-state index is -0.0926. The third-order valence-electron chi connectivity index (χ3n) is 8.94. The number of carbonyl (C=O) groups is 2. The Labute approximate surface area is 274 Å². The molecule has 6 rings (SSSR count). The number of amides is 1. The molecule has 0 aliphatic carbocycles. The fourth-order valence-electron chi connectivity index (χ4n) is 6.31. The predicted molar refractivity (Wildman–Crippen MR) is 176 cm³/mol. The van der Waals surface area contributed by atoms with Crippen molar-refractivity contribution >= 4 is 12.2 Å². The highest BCUT2D eigenvalue weighted by atomic mass is 16.5. The molecule has 1 atom stereocenters. The average molecular weight is 639 g/mol. The maximum atomic E-state index is 13.1. The first-order valence-electron chi connectivity index (χ1n) is 15.4. The molecule has 0 radical (unpaired) electrons. The molecule has 2 aliphatic rings. The number of rotatable bonds is 10. The topological polar surface area (TPSA) is 107 Å². The van der Waals surface area contributed by atoms with Gasteiger partial charge in [-0.25, -0.2) is 0 Å². The molecule has 2 heterocycles. The largest absolute Gasteiger partial charge is 0.504 e. The number of likely N-dealkylation sites (N-methyl/N-ethyl adjacent to an activating group) is 2. The van der Waals surface area contributed by atoms with E-state index in [-0.39, 0.29) is 23.4 Å². The van der Waals surface area contributed by atoms with E-state index in [2.05, 4.69) is 11.9 Å². The number of phenolic OH excluding ortho intramolecular Hbond substituents is 1. The molecule has 0 bridgehead atoms. The molecule has 1 unspecified atom stereocenters. The molecule has 10 nitrogen and oxygen atoms in total. The normalized spacial score (nSPS) is 15.8. The van der Waals surface area contributed by atoms with Crippen LogP contribution in [0.4, 0.5) is 0 Å². The van der Waals surface area contributed by atoms with Crippen LogP contribution in [0.1, 0.15) is 49.0 Å². The monoisotopic (exact) mass is 638 g/mol. The summed E-state index contributed by atoms with van der Waals surface area (Å²) in [6.07, 6.45) is 2.86. The summed E-state index contributed by atoms with van der Waals surface area (Å²) in [4.78, 5) is 28.3. The second kappa shape index (κ2) is 13.3. The zero-order valence-electron chi connectivity index (χ0n) is 27.2. The van der Waals surface area contributed by atoms with Crippen molar-refractivity contribution in [1.29, 1.82) is 0 Å². The Bertz CT molecular complexity index is 1820. The van der Waals surface area contributed by atoms with Crippen molar-refractivity contribution in [3.63, 3.8) is 0 Å². The summed E-state index contributed by atoms with van der Waals surface area (Å²) in [6.45, 7) is 1.46. The molecule has 0 saturated heterocycles. The SMILES string of the molecule is COc1cc2c(cc1Oc1c(OC)c(OC)cc3c1C(Cc1ccc(Oc4cc(C=O)ccc4O)cc1)N(C)CC3)C(=O)N(C)CC2. The van der Waals surface area contributed by atoms with Gasteiger partial charge in [-0.05, 0) is 91.5 Å². The fourth-order valence-corrected chi connectivity index (χ4v) is 6.31. The van der Waals surface area contributed by atoms with Crippen LogP contribution < -0.4 is 23.7 Å². The quantitative estimate of drug-likeness (QED) is 0.203. The van der Waals surface area contributed by atoms with E-state index in [9.17, 15) is 14.7 Å². The first-order chi connectivity index (χ1) is 22.7. The van der Waals surface area contributed by atoms with Crippen LogP contribution in [0.25, 0.3) is 0 Å². The molecule has 244 valence electrons. The van der Waals surface area contributed by atoms with E-state index < -0.39 is 0 Å². The number of hydrogen-bond acceptors (Lipinski definition) is 9. The Morgan fingerprint density at radius 3 is 2.21 bits per heavy atom. The van der Waals surface area contributed by atoms with Crippen molar-refractivity contribution in [2.45, 2.75) is 25.3 Å². The fraction of sp³-hybridized carbons (Fsp3) is 0.297. The summed E-state index contributed by atoms with van der Waals surface area (Å²) in [5, 5.41) is 10.2. The first kappa shape index (κ1) is 31.7. The number of aldehydes is 1. The number of phenols is 1. The van der Waals surface area contributed by atoms with Gasteiger partial charge in [0, 0.05) is 42.9 Å². The van der Waals surface area contributed by atoms with Crippen LogP contribution in [0.5, 0.6) is 46.0 Å². The number of fused-ring (bicyclic) bond motifs is 2. The average Bonchev–Trinajstić information content (AvgIpc) is 3.09. The van der Waals surface area contributed by atoms with Crippen LogP contribution in [0.15, 0.2) is 60.7 Å². The molecule has 2 aliphatic heterocycles. The summed E-state index contributed by atoms with van der Waals surface area (Å²) >= 11 is 0. The van der Waals surface area contributed by atoms with Crippen molar-refractivity contribution in [3.8, 4) is 46.0 Å². The van der Waals surface area contributed by atoms with Crippen molar-refractivity contribution in [3.05, 3.63) is 94.0 Å². The van der Waals surface area contributed by atoms with Gasteiger partial charge in [0.15, 0.2) is 34.5 Å². The molecule has 0 fully saturated rings. The number of nitrogens with zero attached hydrogens (tertiary/aromatic N) is 2. The summed E-state index contributed by atoms with van der Waals surface area (Å²) in [7, 11) is 8.66. The number of hydrogen-bond donors (Lipinski definition) is 1. The van der Waals surface area contributed by atoms with Crippen molar-refractivity contribution in [2.24, 2.45) is 0 Å². The standard InChI is InChI=1S/C37H38N2O8/c1-38-14-13-25-19-33(44-4)35(45-5)36(47-32-20-27-24(18-31(32)43-3)12-15-39(2)37(27)42)34(25)28(38)16-22-6-9-26(10-7-22)46-30-17-23(21-40)8-11-29(30)41/h6-11,17-21,28,41H,12-16H2,1-5H3. The molecular formula is C37H38N2O8. The summed E-state index contributed by atoms with van der Waals surface area (Å²) < 4.78 is 30.1. The van der Waals surface area contributed by atoms with Crippen LogP contribution in [-0.2, 0) is 19.3 Å². The third-order valence-corrected chi connectivity index (χ3v) is 8.94. The highest BCUT2D eigenvalue weighted by Crippen LogP contribution is 2.51. The number of ether oxygens (including phenoxy) is 5. The Hall–Kier alpha value is -5.22. The molecule has 0 saturated carbocycles. The summed E-state index contributed by atoms with van der Waals surface area (Å²) in [5.41, 5.74) is 5.02. The lowest BCUT2D eigenvalue weighted by molar-refractivity contribution is 0.0780. The van der Waals surface area contributed by atoms with Crippen LogP contribution in [0, 0.1) is 0 Å². The van der Waals surface area contributed by atoms with Crippen LogP contribution in [-0.4, -0.2) is 75.6 Å². The molecule has 0 aromatic heterocycles. The third kappa shape index (κ3) is 6.16. The van der Waals surface area contributed by atoms with Gasteiger partial charge in [0.05, 0.1) is 21.3 Å². The van der Waals surface area contributed by atoms with Gasteiger partial charge in [-0.1, -0.05) is 12.1 Å². The van der Waals surface area contributed by atoms with Crippen LogP contribution in [0.2, 0.25) is 0 Å². The zero-order valence-corrected chi connectivity index (χ0v) is 27.2. The Kier molecular flexibility index (Phi) is 8.95. The summed E-state index contributed by atoms with van der Waals surface area (Å²) in [6, 6.07) is 17.7. The zero-order chi connectivity index (χ0) is 33.2. The molecule has 10 heteroatoms. The Balaban J connectivity index is 1.37. The molecule has 47 heavy (non-hydrogen) atoms. The molecular weight excluding hydrogens is 600 g/mol. The highest BCUT2D eigenvalue weighted by Gasteiger charge is 2.34. The van der Waals surface area contributed by atoms with E-state index in [4.69, 9.17) is 23.7 Å². The Morgan fingerprint density at radius 1 is 0.787 bits per heavy atom. The molecule has 1 amide bonds. The maximum absolute atomic E-state index is 13.1. The number of benzene rings is 4. The second-order valence-electron chi connectivity index (χ2n) is 11.8. The molecule has 0 spiro atoms. The van der Waals surface area contributed by atoms with Gasteiger partial charge in [0.2, 0.25) is 5.75 Å².